The molecule has 0 atom stereocenters. The second-order valence-electron chi connectivity index (χ2n) is 6.23. The molecule has 0 bridgehead atoms. The van der Waals surface area contributed by atoms with Gasteiger partial charge in [0, 0.05) is 0 Å². The molecule has 1 aliphatic heterocycles. The quantitative estimate of drug-likeness (QED) is 0.317. The van der Waals surface area contributed by atoms with Gasteiger partial charge in [-0.3, -0.25) is 14.5 Å². The van der Waals surface area contributed by atoms with E-state index in [-0.39, 0.29) is 16.9 Å². The Morgan fingerprint density at radius 1 is 0.929 bits per heavy atom. The van der Waals surface area contributed by atoms with Crippen molar-refractivity contribution < 1.29 is 28.7 Å². The lowest BCUT2D eigenvalue weighted by Gasteiger charge is -2.13. The smallest absolute Gasteiger partial charge is 0.338 e. The summed E-state index contributed by atoms with van der Waals surface area (Å²) in [5, 5.41) is 0. The number of carbonyl (C=O) groups excluding carboxylic acids is 4. The fourth-order valence-electron chi connectivity index (χ4n) is 2.73. The molecular formula is C21H19NO6. The van der Waals surface area contributed by atoms with E-state index in [2.05, 4.69) is 0 Å². The van der Waals surface area contributed by atoms with Crippen molar-refractivity contribution >= 4 is 23.8 Å². The molecule has 0 saturated heterocycles. The lowest BCUT2D eigenvalue weighted by molar-refractivity contribution is -0.134. The largest absolute Gasteiger partial charge is 0.462 e. The lowest BCUT2D eigenvalue weighted by atomic mass is 10.1. The molecule has 0 unspecified atom stereocenters. The van der Waals surface area contributed by atoms with Gasteiger partial charge in [-0.25, -0.2) is 9.59 Å². The van der Waals surface area contributed by atoms with Crippen molar-refractivity contribution in [3.05, 3.63) is 65.2 Å². The number of rotatable bonds is 7. The molecule has 2 amide bonds. The van der Waals surface area contributed by atoms with Crippen LogP contribution < -0.4 is 4.74 Å². The van der Waals surface area contributed by atoms with Crippen LogP contribution >= 0.6 is 0 Å². The third-order valence-electron chi connectivity index (χ3n) is 4.22. The molecule has 0 aromatic heterocycles. The van der Waals surface area contributed by atoms with E-state index in [1.807, 2.05) is 6.92 Å². The van der Waals surface area contributed by atoms with Crippen molar-refractivity contribution in [3.8, 4) is 5.75 Å². The van der Waals surface area contributed by atoms with E-state index in [9.17, 15) is 19.2 Å². The Morgan fingerprint density at radius 3 is 2.11 bits per heavy atom. The van der Waals surface area contributed by atoms with Gasteiger partial charge < -0.3 is 9.47 Å². The Kier molecular flexibility index (Phi) is 5.84. The Bertz CT molecular complexity index is 884. The van der Waals surface area contributed by atoms with Gasteiger partial charge in [-0.1, -0.05) is 25.5 Å². The van der Waals surface area contributed by atoms with Gasteiger partial charge in [-0.2, -0.15) is 0 Å². The maximum Gasteiger partial charge on any atom is 0.338 e. The zero-order chi connectivity index (χ0) is 20.1. The number of fused-ring (bicyclic) bond motifs is 1. The molecule has 0 spiro atoms. The van der Waals surface area contributed by atoms with Crippen molar-refractivity contribution in [1.82, 2.24) is 4.90 Å². The summed E-state index contributed by atoms with van der Waals surface area (Å²) in [7, 11) is 0. The molecule has 0 fully saturated rings. The van der Waals surface area contributed by atoms with Crippen LogP contribution in [0.25, 0.3) is 0 Å². The van der Waals surface area contributed by atoms with Crippen LogP contribution in [0.1, 0.15) is 50.8 Å². The van der Waals surface area contributed by atoms with Gasteiger partial charge in [0.15, 0.2) is 0 Å². The van der Waals surface area contributed by atoms with E-state index in [4.69, 9.17) is 9.47 Å². The minimum absolute atomic E-state index is 0.201. The highest BCUT2D eigenvalue weighted by atomic mass is 16.5. The highest BCUT2D eigenvalue weighted by Crippen LogP contribution is 2.22. The number of benzene rings is 2. The fraction of sp³-hybridized carbons (Fsp3) is 0.238. The van der Waals surface area contributed by atoms with Gasteiger partial charge in [0.2, 0.25) is 0 Å². The normalized spacial score (nSPS) is 12.7. The predicted molar refractivity (Wildman–Crippen MR) is 99.1 cm³/mol. The van der Waals surface area contributed by atoms with E-state index < -0.39 is 30.3 Å². The Labute approximate surface area is 161 Å². The van der Waals surface area contributed by atoms with Crippen LogP contribution in [-0.4, -0.2) is 41.8 Å². The number of unbranched alkanes of at least 4 members (excludes halogenated alkanes) is 1. The average Bonchev–Trinajstić information content (AvgIpc) is 2.94. The highest BCUT2D eigenvalue weighted by molar-refractivity contribution is 6.22. The zero-order valence-electron chi connectivity index (χ0n) is 15.3. The van der Waals surface area contributed by atoms with Crippen LogP contribution in [0.2, 0.25) is 0 Å². The van der Waals surface area contributed by atoms with E-state index in [0.29, 0.717) is 12.2 Å². The van der Waals surface area contributed by atoms with Crippen molar-refractivity contribution in [2.75, 3.05) is 13.2 Å². The van der Waals surface area contributed by atoms with Gasteiger partial charge in [0.1, 0.15) is 12.3 Å². The predicted octanol–water partition coefficient (Wildman–Crippen LogP) is 2.85. The summed E-state index contributed by atoms with van der Waals surface area (Å²) in [4.78, 5) is 49.4. The molecule has 0 aliphatic carbocycles. The van der Waals surface area contributed by atoms with E-state index >= 15 is 0 Å². The lowest BCUT2D eigenvalue weighted by Crippen LogP contribution is -2.36. The molecule has 0 saturated carbocycles. The summed E-state index contributed by atoms with van der Waals surface area (Å²) < 4.78 is 10.3. The van der Waals surface area contributed by atoms with Crippen molar-refractivity contribution in [1.29, 1.82) is 0 Å². The van der Waals surface area contributed by atoms with Crippen LogP contribution in [0.4, 0.5) is 0 Å². The van der Waals surface area contributed by atoms with Crippen LogP contribution in [0.3, 0.4) is 0 Å². The first-order valence-electron chi connectivity index (χ1n) is 8.94. The highest BCUT2D eigenvalue weighted by Gasteiger charge is 2.36. The standard InChI is InChI=1S/C21H19NO6/c1-2-3-12-27-21(26)14-8-10-15(11-9-14)28-18(23)13-22-19(24)16-6-4-5-7-17(16)20(22)25/h4-11H,2-3,12-13H2,1H3. The SMILES string of the molecule is CCCCOC(=O)c1ccc(OC(=O)CN2C(=O)c3ccccc3C2=O)cc1. The maximum absolute atomic E-state index is 12.3. The van der Waals surface area contributed by atoms with Gasteiger partial charge in [0.05, 0.1) is 23.3 Å². The molecule has 2 aromatic carbocycles. The molecule has 1 heterocycles. The topological polar surface area (TPSA) is 90.0 Å². The molecule has 7 heteroatoms. The minimum Gasteiger partial charge on any atom is -0.462 e. The van der Waals surface area contributed by atoms with Crippen molar-refractivity contribution in [2.45, 2.75) is 19.8 Å². The first-order chi connectivity index (χ1) is 13.5. The second-order valence-corrected chi connectivity index (χ2v) is 6.23. The number of amides is 2. The molecule has 0 radical (unpaired) electrons. The number of carbonyl (C=O) groups is 4. The first kappa shape index (κ1) is 19.3. The van der Waals surface area contributed by atoms with E-state index in [1.165, 1.54) is 24.3 Å². The van der Waals surface area contributed by atoms with E-state index in [0.717, 1.165) is 17.7 Å². The third kappa shape index (κ3) is 4.09. The summed E-state index contributed by atoms with van der Waals surface area (Å²) in [6.07, 6.45) is 1.72. The molecule has 7 nitrogen and oxygen atoms in total. The zero-order valence-corrected chi connectivity index (χ0v) is 15.3. The summed E-state index contributed by atoms with van der Waals surface area (Å²) in [6, 6.07) is 12.3. The maximum atomic E-state index is 12.3. The average molecular weight is 381 g/mol. The monoisotopic (exact) mass is 381 g/mol. The molecule has 1 aliphatic rings. The minimum atomic E-state index is -0.757. The molecule has 2 aromatic rings. The fourth-order valence-corrected chi connectivity index (χ4v) is 2.73. The summed E-state index contributed by atoms with van der Waals surface area (Å²) in [6.45, 7) is 1.86. The third-order valence-corrected chi connectivity index (χ3v) is 4.22. The van der Waals surface area contributed by atoms with Gasteiger partial charge >= 0.3 is 11.9 Å². The summed E-state index contributed by atoms with van der Waals surface area (Å²) in [5.74, 6) is -2.05. The molecular weight excluding hydrogens is 362 g/mol. The van der Waals surface area contributed by atoms with Gasteiger partial charge in [-0.05, 0) is 42.8 Å². The number of esters is 2. The van der Waals surface area contributed by atoms with E-state index in [1.54, 1.807) is 24.3 Å². The van der Waals surface area contributed by atoms with Crippen LogP contribution in [-0.2, 0) is 9.53 Å². The van der Waals surface area contributed by atoms with Crippen LogP contribution in [0.15, 0.2) is 48.5 Å². The van der Waals surface area contributed by atoms with Gasteiger partial charge in [0.25, 0.3) is 11.8 Å². The molecule has 0 N–H and O–H groups in total. The van der Waals surface area contributed by atoms with Crippen molar-refractivity contribution in [3.63, 3.8) is 0 Å². The number of ether oxygens (including phenoxy) is 2. The number of imide groups is 1. The van der Waals surface area contributed by atoms with Crippen LogP contribution in [0, 0.1) is 0 Å². The second kappa shape index (κ2) is 8.47. The number of hydrogen-bond donors (Lipinski definition) is 0. The Balaban J connectivity index is 1.58. The van der Waals surface area contributed by atoms with Crippen molar-refractivity contribution in [2.24, 2.45) is 0 Å². The Hall–Kier alpha value is -3.48. The van der Waals surface area contributed by atoms with Crippen LogP contribution in [0.5, 0.6) is 5.75 Å². The Morgan fingerprint density at radius 2 is 1.54 bits per heavy atom. The summed E-state index contributed by atoms with van der Waals surface area (Å²) in [5.41, 5.74) is 0.883. The number of hydrogen-bond acceptors (Lipinski definition) is 6. The first-order valence-corrected chi connectivity index (χ1v) is 8.94. The van der Waals surface area contributed by atoms with Gasteiger partial charge in [-0.15, -0.1) is 0 Å². The summed E-state index contributed by atoms with van der Waals surface area (Å²) >= 11 is 0. The molecule has 144 valence electrons. The number of nitrogens with zero attached hydrogens (tertiary/aromatic N) is 1. The molecule has 3 rings (SSSR count). The molecule has 28 heavy (non-hydrogen) atoms.